The minimum absolute atomic E-state index is 0.298. The molecule has 1 saturated heterocycles. The lowest BCUT2D eigenvalue weighted by atomic mass is 9.95. The van der Waals surface area contributed by atoms with Crippen LogP contribution in [0.1, 0.15) is 50.2 Å². The predicted octanol–water partition coefficient (Wildman–Crippen LogP) is 5.79. The van der Waals surface area contributed by atoms with Gasteiger partial charge in [-0.1, -0.05) is 67.1 Å². The number of rotatable bonds is 6. The first-order valence-corrected chi connectivity index (χ1v) is 12.7. The van der Waals surface area contributed by atoms with Crippen molar-refractivity contribution in [1.29, 1.82) is 0 Å². The molecule has 0 spiro atoms. The third-order valence-corrected chi connectivity index (χ3v) is 7.59. The van der Waals surface area contributed by atoms with E-state index in [0.717, 1.165) is 32.4 Å². The van der Waals surface area contributed by atoms with Crippen LogP contribution in [0.5, 0.6) is 0 Å². The summed E-state index contributed by atoms with van der Waals surface area (Å²) in [6.07, 6.45) is 11.9. The third kappa shape index (κ3) is 4.24. The Bertz CT molecular complexity index is 1220. The van der Waals surface area contributed by atoms with Gasteiger partial charge in [0.1, 0.15) is 0 Å². The van der Waals surface area contributed by atoms with Crippen molar-refractivity contribution < 1.29 is 0 Å². The second kappa shape index (κ2) is 9.28. The number of aliphatic imine (C=N–C) groups is 2. The van der Waals surface area contributed by atoms with E-state index in [9.17, 15) is 0 Å². The Morgan fingerprint density at radius 1 is 0.765 bits per heavy atom. The number of nitrogens with zero attached hydrogens (tertiary/aromatic N) is 2. The molecular weight excluding hydrogens is 416 g/mol. The van der Waals surface area contributed by atoms with Crippen molar-refractivity contribution in [1.82, 2.24) is 10.6 Å². The fourth-order valence-corrected chi connectivity index (χ4v) is 5.43. The number of hydrogen-bond donors (Lipinski definition) is 2. The zero-order valence-electron chi connectivity index (χ0n) is 19.8. The molecule has 6 rings (SSSR count). The molecule has 0 unspecified atom stereocenters. The van der Waals surface area contributed by atoms with E-state index in [1.165, 1.54) is 63.2 Å². The molecule has 0 radical (unpaired) electrons. The van der Waals surface area contributed by atoms with Crippen molar-refractivity contribution >= 4 is 22.6 Å². The van der Waals surface area contributed by atoms with Crippen molar-refractivity contribution in [2.45, 2.75) is 51.1 Å². The lowest BCUT2D eigenvalue weighted by Gasteiger charge is -2.11. The smallest absolute Gasteiger partial charge is 0.0650 e. The van der Waals surface area contributed by atoms with Gasteiger partial charge in [-0.2, -0.15) is 0 Å². The van der Waals surface area contributed by atoms with E-state index in [1.807, 2.05) is 6.20 Å². The molecule has 0 aliphatic carbocycles. The average Bonchev–Trinajstić information content (AvgIpc) is 3.70. The highest BCUT2D eigenvalue weighted by Crippen LogP contribution is 2.31. The largest absolute Gasteiger partial charge is 0.309 e. The Morgan fingerprint density at radius 2 is 1.35 bits per heavy atom. The van der Waals surface area contributed by atoms with Crippen molar-refractivity contribution in [3.8, 4) is 11.1 Å². The zero-order valence-corrected chi connectivity index (χ0v) is 19.8. The Hall–Kier alpha value is -3.08. The van der Waals surface area contributed by atoms with Crippen molar-refractivity contribution in [2.75, 3.05) is 13.1 Å². The Labute approximate surface area is 202 Å². The van der Waals surface area contributed by atoms with Crippen LogP contribution in [0, 0.1) is 0 Å². The molecule has 34 heavy (non-hydrogen) atoms. The predicted molar refractivity (Wildman–Crippen MR) is 143 cm³/mol. The lowest BCUT2D eigenvalue weighted by Crippen LogP contribution is -2.30. The van der Waals surface area contributed by atoms with Crippen molar-refractivity contribution in [3.05, 3.63) is 83.7 Å². The summed E-state index contributed by atoms with van der Waals surface area (Å²) in [6.45, 7) is 4.33. The topological polar surface area (TPSA) is 48.8 Å². The molecule has 0 saturated carbocycles. The van der Waals surface area contributed by atoms with Gasteiger partial charge < -0.3 is 10.6 Å². The second-order valence-electron chi connectivity index (χ2n) is 9.74. The molecule has 4 nitrogen and oxygen atoms in total. The summed E-state index contributed by atoms with van der Waals surface area (Å²) >= 11 is 0. The molecule has 0 amide bonds. The maximum Gasteiger partial charge on any atom is 0.0650 e. The van der Waals surface area contributed by atoms with Crippen LogP contribution >= 0.6 is 0 Å². The van der Waals surface area contributed by atoms with E-state index in [2.05, 4.69) is 78.4 Å². The first kappa shape index (κ1) is 21.5. The number of allylic oxidation sites excluding steroid dienone is 2. The zero-order chi connectivity index (χ0) is 22.9. The average molecular weight is 449 g/mol. The summed E-state index contributed by atoms with van der Waals surface area (Å²) in [5.41, 5.74) is 11.7. The van der Waals surface area contributed by atoms with Crippen LogP contribution in [-0.2, 0) is 0 Å². The summed E-state index contributed by atoms with van der Waals surface area (Å²) < 4.78 is 0. The second-order valence-corrected chi connectivity index (χ2v) is 9.74. The number of nitrogens with one attached hydrogen (secondary N) is 2. The maximum atomic E-state index is 4.73. The molecule has 2 N–H and O–H groups in total. The molecule has 4 aliphatic heterocycles. The normalized spacial score (nSPS) is 24.1. The van der Waals surface area contributed by atoms with E-state index in [0.29, 0.717) is 12.1 Å². The van der Waals surface area contributed by atoms with Crippen LogP contribution in [-0.4, -0.2) is 36.6 Å². The molecule has 0 aromatic heterocycles. The molecule has 4 heteroatoms. The summed E-state index contributed by atoms with van der Waals surface area (Å²) in [4.78, 5) is 9.44. The molecule has 2 atom stereocenters. The van der Waals surface area contributed by atoms with Crippen LogP contribution in [0.25, 0.3) is 22.3 Å². The molecule has 4 aliphatic rings. The van der Waals surface area contributed by atoms with Crippen LogP contribution in [0.15, 0.2) is 82.6 Å². The summed E-state index contributed by atoms with van der Waals surface area (Å²) in [7, 11) is 0. The summed E-state index contributed by atoms with van der Waals surface area (Å²) in [6, 6.07) is 18.6. The highest BCUT2D eigenvalue weighted by atomic mass is 15.0. The van der Waals surface area contributed by atoms with Gasteiger partial charge in [0.15, 0.2) is 0 Å². The quantitative estimate of drug-likeness (QED) is 0.550. The summed E-state index contributed by atoms with van der Waals surface area (Å²) in [5, 5.41) is 7.14. The van der Waals surface area contributed by atoms with Gasteiger partial charge in [-0.25, -0.2) is 0 Å². The van der Waals surface area contributed by atoms with E-state index in [4.69, 9.17) is 9.98 Å². The molecule has 172 valence electrons. The van der Waals surface area contributed by atoms with Gasteiger partial charge in [0.05, 0.1) is 6.04 Å². The van der Waals surface area contributed by atoms with Gasteiger partial charge in [-0.15, -0.1) is 0 Å². The van der Waals surface area contributed by atoms with Gasteiger partial charge in [0, 0.05) is 49.3 Å². The van der Waals surface area contributed by atoms with Crippen molar-refractivity contribution in [2.24, 2.45) is 9.98 Å². The molecule has 4 heterocycles. The van der Waals surface area contributed by atoms with E-state index in [-0.39, 0.29) is 0 Å². The van der Waals surface area contributed by atoms with E-state index >= 15 is 0 Å². The van der Waals surface area contributed by atoms with Crippen LogP contribution < -0.4 is 10.6 Å². The highest BCUT2D eigenvalue weighted by molar-refractivity contribution is 6.03. The summed E-state index contributed by atoms with van der Waals surface area (Å²) in [5.74, 6) is 0. The fourth-order valence-electron chi connectivity index (χ4n) is 5.43. The molecule has 0 bridgehead atoms. The first-order valence-electron chi connectivity index (χ1n) is 12.7. The van der Waals surface area contributed by atoms with E-state index < -0.39 is 0 Å². The van der Waals surface area contributed by atoms with Gasteiger partial charge in [0.25, 0.3) is 0 Å². The first-order chi connectivity index (χ1) is 16.8. The highest BCUT2D eigenvalue weighted by Gasteiger charge is 2.24. The molecule has 2 aromatic carbocycles. The fraction of sp³-hybridized carbons (Fsp3) is 0.333. The minimum atomic E-state index is 0.298. The Balaban J connectivity index is 1.08. The Kier molecular flexibility index (Phi) is 5.86. The SMILES string of the molecule is CCC1=C[C@@H](C2=NC=C(c3ccc(-c4ccc(C5=CN=C([C@@H]6CCCN6)C5)cc4)cc3)C2)NC1. The van der Waals surface area contributed by atoms with Gasteiger partial charge in [-0.3, -0.25) is 9.98 Å². The maximum absolute atomic E-state index is 4.73. The van der Waals surface area contributed by atoms with Crippen LogP contribution in [0.3, 0.4) is 0 Å². The lowest BCUT2D eigenvalue weighted by molar-refractivity contribution is 0.756. The molecule has 1 fully saturated rings. The standard InChI is InChI=1S/C30H32N4/c1-2-20-14-28(32-17-20)30-16-26(19-34-30)24-11-7-22(8-12-24)21-5-9-23(10-6-21)25-15-29(33-18-25)27-4-3-13-31-27/h5-12,14,18-19,27-28,31-32H,2-4,13,15-17H2,1H3/t27-,28-/m0/s1. The van der Waals surface area contributed by atoms with Gasteiger partial charge in [0.2, 0.25) is 0 Å². The van der Waals surface area contributed by atoms with Gasteiger partial charge in [-0.05, 0) is 59.2 Å². The Morgan fingerprint density at radius 3 is 1.91 bits per heavy atom. The number of benzene rings is 2. The van der Waals surface area contributed by atoms with Gasteiger partial charge >= 0.3 is 0 Å². The molecule has 2 aromatic rings. The van der Waals surface area contributed by atoms with Crippen LogP contribution in [0.4, 0.5) is 0 Å². The third-order valence-electron chi connectivity index (χ3n) is 7.59. The minimum Gasteiger partial charge on any atom is -0.309 e. The van der Waals surface area contributed by atoms with E-state index in [1.54, 1.807) is 0 Å². The van der Waals surface area contributed by atoms with Crippen LogP contribution in [0.2, 0.25) is 0 Å². The molecular formula is C30H32N4. The van der Waals surface area contributed by atoms with Crippen molar-refractivity contribution in [3.63, 3.8) is 0 Å². The monoisotopic (exact) mass is 448 g/mol. The number of hydrogen-bond acceptors (Lipinski definition) is 4.